The summed E-state index contributed by atoms with van der Waals surface area (Å²) in [6, 6.07) is 6.99. The summed E-state index contributed by atoms with van der Waals surface area (Å²) in [6.07, 6.45) is -0.670. The number of benzene rings is 1. The van der Waals surface area contributed by atoms with E-state index in [2.05, 4.69) is 5.32 Å². The highest BCUT2D eigenvalue weighted by Gasteiger charge is 2.33. The van der Waals surface area contributed by atoms with E-state index in [1.165, 1.54) is 0 Å². The SMILES string of the molecule is CCCOc1cccc(C2OC(=O)NC2=O)c1. The van der Waals surface area contributed by atoms with Gasteiger partial charge in [-0.25, -0.2) is 4.79 Å². The van der Waals surface area contributed by atoms with Crippen molar-refractivity contribution in [2.75, 3.05) is 6.61 Å². The first-order valence-electron chi connectivity index (χ1n) is 5.45. The Morgan fingerprint density at radius 1 is 1.41 bits per heavy atom. The summed E-state index contributed by atoms with van der Waals surface area (Å²) in [5.41, 5.74) is 0.613. The normalized spacial score (nSPS) is 18.8. The predicted molar refractivity (Wildman–Crippen MR) is 59.6 cm³/mol. The maximum Gasteiger partial charge on any atom is 0.415 e. The maximum atomic E-state index is 11.4. The molecular weight excluding hydrogens is 222 g/mol. The predicted octanol–water partition coefficient (Wildman–Crippen LogP) is 1.78. The quantitative estimate of drug-likeness (QED) is 0.864. The molecule has 0 aromatic heterocycles. The number of hydrogen-bond donors (Lipinski definition) is 1. The fraction of sp³-hybridized carbons (Fsp3) is 0.333. The highest BCUT2D eigenvalue weighted by atomic mass is 16.6. The van der Waals surface area contributed by atoms with Crippen LogP contribution in [0.5, 0.6) is 5.75 Å². The molecule has 2 rings (SSSR count). The van der Waals surface area contributed by atoms with Crippen molar-refractivity contribution in [3.8, 4) is 5.75 Å². The zero-order chi connectivity index (χ0) is 12.3. The average molecular weight is 235 g/mol. The van der Waals surface area contributed by atoms with Gasteiger partial charge in [-0.15, -0.1) is 0 Å². The Bertz CT molecular complexity index is 444. The number of hydrogen-bond acceptors (Lipinski definition) is 4. The van der Waals surface area contributed by atoms with E-state index in [1.807, 2.05) is 6.92 Å². The molecule has 1 heterocycles. The first-order chi connectivity index (χ1) is 8.20. The van der Waals surface area contributed by atoms with Crippen molar-refractivity contribution in [2.24, 2.45) is 0 Å². The molecule has 1 fully saturated rings. The number of rotatable bonds is 4. The lowest BCUT2D eigenvalue weighted by Crippen LogP contribution is -2.20. The highest BCUT2D eigenvalue weighted by Crippen LogP contribution is 2.25. The van der Waals surface area contributed by atoms with E-state index in [-0.39, 0.29) is 0 Å². The summed E-state index contributed by atoms with van der Waals surface area (Å²) >= 11 is 0. The van der Waals surface area contributed by atoms with Crippen LogP contribution in [0.1, 0.15) is 25.0 Å². The van der Waals surface area contributed by atoms with Crippen molar-refractivity contribution in [1.82, 2.24) is 5.32 Å². The molecule has 0 spiro atoms. The number of carbonyl (C=O) groups excluding carboxylic acids is 2. The van der Waals surface area contributed by atoms with Crippen molar-refractivity contribution < 1.29 is 19.1 Å². The molecule has 0 bridgehead atoms. The summed E-state index contributed by atoms with van der Waals surface area (Å²) in [5.74, 6) is 0.225. The topological polar surface area (TPSA) is 64.6 Å². The first-order valence-corrected chi connectivity index (χ1v) is 5.45. The molecule has 90 valence electrons. The second-order valence-corrected chi connectivity index (χ2v) is 3.70. The lowest BCUT2D eigenvalue weighted by molar-refractivity contribution is -0.123. The van der Waals surface area contributed by atoms with Crippen LogP contribution in [0.4, 0.5) is 4.79 Å². The van der Waals surface area contributed by atoms with Crippen molar-refractivity contribution in [1.29, 1.82) is 0 Å². The van der Waals surface area contributed by atoms with Gasteiger partial charge in [-0.2, -0.15) is 0 Å². The molecule has 1 unspecified atom stereocenters. The number of alkyl carbamates (subject to hydrolysis) is 1. The van der Waals surface area contributed by atoms with E-state index in [0.29, 0.717) is 17.9 Å². The van der Waals surface area contributed by atoms with Gasteiger partial charge in [-0.05, 0) is 18.6 Å². The Balaban J connectivity index is 2.15. The smallest absolute Gasteiger partial charge is 0.415 e. The molecule has 0 radical (unpaired) electrons. The summed E-state index contributed by atoms with van der Waals surface area (Å²) in [5, 5.41) is 2.09. The van der Waals surface area contributed by atoms with Crippen molar-refractivity contribution in [2.45, 2.75) is 19.4 Å². The van der Waals surface area contributed by atoms with E-state index in [0.717, 1.165) is 6.42 Å². The van der Waals surface area contributed by atoms with Gasteiger partial charge in [0.25, 0.3) is 5.91 Å². The van der Waals surface area contributed by atoms with E-state index in [1.54, 1.807) is 24.3 Å². The van der Waals surface area contributed by atoms with Gasteiger partial charge < -0.3 is 9.47 Å². The molecule has 0 aliphatic carbocycles. The van der Waals surface area contributed by atoms with Gasteiger partial charge in [0, 0.05) is 5.56 Å². The van der Waals surface area contributed by atoms with E-state index < -0.39 is 18.1 Å². The Labute approximate surface area is 98.7 Å². The van der Waals surface area contributed by atoms with Crippen LogP contribution in [-0.4, -0.2) is 18.6 Å². The molecule has 1 aromatic carbocycles. The first kappa shape index (κ1) is 11.4. The monoisotopic (exact) mass is 235 g/mol. The van der Waals surface area contributed by atoms with Crippen LogP contribution in [0.25, 0.3) is 0 Å². The number of carbonyl (C=O) groups is 2. The van der Waals surface area contributed by atoms with Crippen LogP contribution in [0, 0.1) is 0 Å². The molecule has 0 saturated carbocycles. The van der Waals surface area contributed by atoms with Gasteiger partial charge in [0.1, 0.15) is 5.75 Å². The molecule has 5 nitrogen and oxygen atoms in total. The van der Waals surface area contributed by atoms with Crippen molar-refractivity contribution >= 4 is 12.0 Å². The zero-order valence-electron chi connectivity index (χ0n) is 9.43. The van der Waals surface area contributed by atoms with Gasteiger partial charge >= 0.3 is 6.09 Å². The number of ether oxygens (including phenoxy) is 2. The summed E-state index contributed by atoms with van der Waals surface area (Å²) in [7, 11) is 0. The van der Waals surface area contributed by atoms with Crippen LogP contribution in [-0.2, 0) is 9.53 Å². The second-order valence-electron chi connectivity index (χ2n) is 3.70. The molecular formula is C12H13NO4. The van der Waals surface area contributed by atoms with Crippen molar-refractivity contribution in [3.05, 3.63) is 29.8 Å². The Morgan fingerprint density at radius 3 is 2.88 bits per heavy atom. The fourth-order valence-electron chi connectivity index (χ4n) is 1.56. The third-order valence-electron chi connectivity index (χ3n) is 2.32. The minimum atomic E-state index is -0.868. The van der Waals surface area contributed by atoms with Gasteiger partial charge in [0.15, 0.2) is 0 Å². The summed E-state index contributed by atoms with van der Waals surface area (Å²) in [6.45, 7) is 2.62. The van der Waals surface area contributed by atoms with Gasteiger partial charge in [-0.1, -0.05) is 19.1 Å². The Kier molecular flexibility index (Phi) is 3.27. The minimum Gasteiger partial charge on any atom is -0.494 e. The lowest BCUT2D eigenvalue weighted by atomic mass is 10.1. The zero-order valence-corrected chi connectivity index (χ0v) is 9.43. The molecule has 17 heavy (non-hydrogen) atoms. The standard InChI is InChI=1S/C12H13NO4/c1-2-6-16-9-5-3-4-8(7-9)10-11(14)13-12(15)17-10/h3-5,7,10H,2,6H2,1H3,(H,13,14,15). The van der Waals surface area contributed by atoms with E-state index >= 15 is 0 Å². The van der Waals surface area contributed by atoms with Gasteiger partial charge in [-0.3, -0.25) is 10.1 Å². The number of cyclic esters (lactones) is 1. The van der Waals surface area contributed by atoms with Crippen LogP contribution in [0.15, 0.2) is 24.3 Å². The lowest BCUT2D eigenvalue weighted by Gasteiger charge is -2.09. The molecule has 2 amide bonds. The molecule has 1 saturated heterocycles. The molecule has 1 aromatic rings. The van der Waals surface area contributed by atoms with Crippen LogP contribution >= 0.6 is 0 Å². The third kappa shape index (κ3) is 2.55. The maximum absolute atomic E-state index is 11.4. The van der Waals surface area contributed by atoms with Crippen molar-refractivity contribution in [3.63, 3.8) is 0 Å². The average Bonchev–Trinajstić information content (AvgIpc) is 2.66. The molecule has 1 aliphatic heterocycles. The summed E-state index contributed by atoms with van der Waals surface area (Å²) < 4.78 is 10.3. The van der Waals surface area contributed by atoms with Crippen LogP contribution in [0.3, 0.4) is 0 Å². The van der Waals surface area contributed by atoms with E-state index in [4.69, 9.17) is 9.47 Å². The number of nitrogens with one attached hydrogen (secondary N) is 1. The van der Waals surface area contributed by atoms with E-state index in [9.17, 15) is 9.59 Å². The second kappa shape index (κ2) is 4.86. The molecule has 5 heteroatoms. The van der Waals surface area contributed by atoms with Gasteiger partial charge in [0.2, 0.25) is 6.10 Å². The number of amides is 2. The largest absolute Gasteiger partial charge is 0.494 e. The third-order valence-corrected chi connectivity index (χ3v) is 2.32. The fourth-order valence-corrected chi connectivity index (χ4v) is 1.56. The Hall–Kier alpha value is -2.04. The minimum absolute atomic E-state index is 0.442. The Morgan fingerprint density at radius 2 is 2.24 bits per heavy atom. The van der Waals surface area contributed by atoms with Gasteiger partial charge in [0.05, 0.1) is 6.61 Å². The number of imide groups is 1. The molecule has 1 N–H and O–H groups in total. The van der Waals surface area contributed by atoms with Crippen LogP contribution in [0.2, 0.25) is 0 Å². The molecule has 1 aliphatic rings. The van der Waals surface area contributed by atoms with Crippen LogP contribution < -0.4 is 10.1 Å². The molecule has 1 atom stereocenters. The highest BCUT2D eigenvalue weighted by molar-refractivity contribution is 6.00. The summed E-state index contributed by atoms with van der Waals surface area (Å²) in [4.78, 5) is 22.3.